The van der Waals surface area contributed by atoms with Crippen molar-refractivity contribution in [2.75, 3.05) is 39.9 Å². The zero-order chi connectivity index (χ0) is 16.5. The summed E-state index contributed by atoms with van der Waals surface area (Å²) in [6, 6.07) is 0. The van der Waals surface area contributed by atoms with Gasteiger partial charge in [-0.05, 0) is 38.8 Å². The number of ether oxygens (including phenoxy) is 1. The summed E-state index contributed by atoms with van der Waals surface area (Å²) < 4.78 is 5.35. The number of methoxy groups -OCH3 is 1. The van der Waals surface area contributed by atoms with Crippen molar-refractivity contribution in [3.05, 3.63) is 0 Å². The molecule has 1 aliphatic carbocycles. The minimum Gasteiger partial charge on any atom is -0.384 e. The molecule has 1 heterocycles. The molecule has 0 aromatic heterocycles. The lowest BCUT2D eigenvalue weighted by molar-refractivity contribution is -0.129. The van der Waals surface area contributed by atoms with E-state index in [0.29, 0.717) is 13.2 Å². The van der Waals surface area contributed by atoms with Crippen LogP contribution >= 0.6 is 12.4 Å². The van der Waals surface area contributed by atoms with E-state index in [-0.39, 0.29) is 42.1 Å². The number of halogens is 1. The molecular weight excluding hydrogens is 330 g/mol. The fourth-order valence-electron chi connectivity index (χ4n) is 3.66. The van der Waals surface area contributed by atoms with E-state index in [2.05, 4.69) is 16.0 Å². The Morgan fingerprint density at radius 2 is 1.79 bits per heavy atom. The quantitative estimate of drug-likeness (QED) is 0.637. The van der Waals surface area contributed by atoms with Gasteiger partial charge in [-0.3, -0.25) is 9.59 Å². The molecule has 0 atom stereocenters. The van der Waals surface area contributed by atoms with Crippen LogP contribution in [0.4, 0.5) is 0 Å². The van der Waals surface area contributed by atoms with Crippen molar-refractivity contribution in [1.29, 1.82) is 0 Å². The first-order valence-corrected chi connectivity index (χ1v) is 8.89. The van der Waals surface area contributed by atoms with Crippen LogP contribution in [0.2, 0.25) is 0 Å². The van der Waals surface area contributed by atoms with Gasteiger partial charge in [0.25, 0.3) is 0 Å². The van der Waals surface area contributed by atoms with Crippen LogP contribution in [0.15, 0.2) is 0 Å². The Morgan fingerprint density at radius 1 is 1.12 bits per heavy atom. The predicted octanol–water partition coefficient (Wildman–Crippen LogP) is 1.24. The van der Waals surface area contributed by atoms with E-state index in [4.69, 9.17) is 4.74 Å². The Hall–Kier alpha value is -0.850. The highest BCUT2D eigenvalue weighted by Crippen LogP contribution is 2.28. The number of hydrogen-bond acceptors (Lipinski definition) is 4. The topological polar surface area (TPSA) is 79.5 Å². The van der Waals surface area contributed by atoms with E-state index in [9.17, 15) is 9.59 Å². The minimum atomic E-state index is -0.108. The van der Waals surface area contributed by atoms with Crippen LogP contribution in [0.25, 0.3) is 0 Å². The van der Waals surface area contributed by atoms with E-state index >= 15 is 0 Å². The first-order chi connectivity index (χ1) is 11.2. The van der Waals surface area contributed by atoms with Gasteiger partial charge >= 0.3 is 0 Å². The number of amides is 2. The second-order valence-corrected chi connectivity index (χ2v) is 7.01. The van der Waals surface area contributed by atoms with Crippen LogP contribution in [0.5, 0.6) is 0 Å². The second-order valence-electron chi connectivity index (χ2n) is 7.01. The standard InChI is InChI=1S/C17H31N3O3.ClH/c1-23-13-17(7-9-18-10-8-17)12-20-15(21)11-19-16(22)14-5-3-2-4-6-14;/h14,18H,2-13H2,1H3,(H,19,22)(H,20,21);1H. The monoisotopic (exact) mass is 361 g/mol. The third-order valence-corrected chi connectivity index (χ3v) is 5.17. The third kappa shape index (κ3) is 6.57. The summed E-state index contributed by atoms with van der Waals surface area (Å²) in [6.45, 7) is 3.26. The van der Waals surface area contributed by atoms with Gasteiger partial charge in [0.1, 0.15) is 0 Å². The molecule has 2 aliphatic rings. The van der Waals surface area contributed by atoms with E-state index in [1.165, 1.54) is 6.42 Å². The third-order valence-electron chi connectivity index (χ3n) is 5.17. The van der Waals surface area contributed by atoms with Crippen LogP contribution in [-0.4, -0.2) is 51.7 Å². The summed E-state index contributed by atoms with van der Waals surface area (Å²) in [5.74, 6) is 0.0253. The van der Waals surface area contributed by atoms with Gasteiger partial charge in [-0.2, -0.15) is 0 Å². The Kier molecular flexibility index (Phi) is 9.63. The molecule has 1 aliphatic heterocycles. The van der Waals surface area contributed by atoms with Gasteiger partial charge in [0.05, 0.1) is 13.2 Å². The Labute approximate surface area is 151 Å². The Balaban J connectivity index is 0.00000288. The average Bonchev–Trinajstić information content (AvgIpc) is 2.60. The molecule has 2 fully saturated rings. The molecule has 0 spiro atoms. The SMILES string of the molecule is COCC1(CNC(=O)CNC(=O)C2CCCCC2)CCNCC1.Cl. The molecule has 2 rings (SSSR count). The highest BCUT2D eigenvalue weighted by atomic mass is 35.5. The summed E-state index contributed by atoms with van der Waals surface area (Å²) in [5, 5.41) is 9.10. The molecule has 1 saturated heterocycles. The van der Waals surface area contributed by atoms with Crippen molar-refractivity contribution in [2.45, 2.75) is 44.9 Å². The average molecular weight is 362 g/mol. The number of hydrogen-bond donors (Lipinski definition) is 3. The van der Waals surface area contributed by atoms with Crippen molar-refractivity contribution >= 4 is 24.2 Å². The normalized spacial score (nSPS) is 20.7. The predicted molar refractivity (Wildman–Crippen MR) is 96.3 cm³/mol. The second kappa shape index (κ2) is 10.9. The Morgan fingerprint density at radius 3 is 2.42 bits per heavy atom. The molecular formula is C17H32ClN3O3. The molecule has 2 amide bonds. The smallest absolute Gasteiger partial charge is 0.239 e. The maximum absolute atomic E-state index is 12.1. The number of carbonyl (C=O) groups is 2. The van der Waals surface area contributed by atoms with Crippen molar-refractivity contribution < 1.29 is 14.3 Å². The molecule has 140 valence electrons. The molecule has 0 radical (unpaired) electrons. The summed E-state index contributed by atoms with van der Waals surface area (Å²) in [7, 11) is 1.70. The molecule has 0 bridgehead atoms. The largest absolute Gasteiger partial charge is 0.384 e. The van der Waals surface area contributed by atoms with Crippen molar-refractivity contribution in [3.8, 4) is 0 Å². The van der Waals surface area contributed by atoms with Gasteiger partial charge in [0.15, 0.2) is 0 Å². The van der Waals surface area contributed by atoms with Crippen LogP contribution in [0, 0.1) is 11.3 Å². The molecule has 24 heavy (non-hydrogen) atoms. The summed E-state index contributed by atoms with van der Waals surface area (Å²) in [5.41, 5.74) is 0.0169. The van der Waals surface area contributed by atoms with Crippen molar-refractivity contribution in [3.63, 3.8) is 0 Å². The molecule has 3 N–H and O–H groups in total. The first kappa shape index (κ1) is 21.2. The lowest BCUT2D eigenvalue weighted by atomic mass is 9.79. The van der Waals surface area contributed by atoms with E-state index in [1.807, 2.05) is 0 Å². The van der Waals surface area contributed by atoms with Gasteiger partial charge in [0, 0.05) is 25.0 Å². The highest BCUT2D eigenvalue weighted by Gasteiger charge is 2.32. The molecule has 0 aromatic carbocycles. The van der Waals surface area contributed by atoms with Crippen molar-refractivity contribution in [1.82, 2.24) is 16.0 Å². The van der Waals surface area contributed by atoms with Gasteiger partial charge in [-0.25, -0.2) is 0 Å². The summed E-state index contributed by atoms with van der Waals surface area (Å²) in [6.07, 6.45) is 7.37. The van der Waals surface area contributed by atoms with Crippen LogP contribution in [0.1, 0.15) is 44.9 Å². The fourth-order valence-corrected chi connectivity index (χ4v) is 3.66. The van der Waals surface area contributed by atoms with E-state index < -0.39 is 0 Å². The first-order valence-electron chi connectivity index (χ1n) is 8.89. The maximum atomic E-state index is 12.1. The Bertz CT molecular complexity index is 389. The lowest BCUT2D eigenvalue weighted by Crippen LogP contribution is -2.49. The number of piperidine rings is 1. The molecule has 7 heteroatoms. The summed E-state index contributed by atoms with van der Waals surface area (Å²) >= 11 is 0. The molecule has 1 saturated carbocycles. The number of nitrogens with one attached hydrogen (secondary N) is 3. The van der Waals surface area contributed by atoms with Gasteiger partial charge in [-0.15, -0.1) is 12.4 Å². The lowest BCUT2D eigenvalue weighted by Gasteiger charge is -2.37. The minimum absolute atomic E-state index is 0. The maximum Gasteiger partial charge on any atom is 0.239 e. The molecule has 0 unspecified atom stereocenters. The fraction of sp³-hybridized carbons (Fsp3) is 0.882. The number of rotatable bonds is 7. The zero-order valence-corrected chi connectivity index (χ0v) is 15.5. The van der Waals surface area contributed by atoms with Gasteiger partial charge in [-0.1, -0.05) is 19.3 Å². The molecule has 6 nitrogen and oxygen atoms in total. The van der Waals surface area contributed by atoms with Gasteiger partial charge in [0.2, 0.25) is 11.8 Å². The van der Waals surface area contributed by atoms with Crippen LogP contribution in [0.3, 0.4) is 0 Å². The van der Waals surface area contributed by atoms with Crippen molar-refractivity contribution in [2.24, 2.45) is 11.3 Å². The van der Waals surface area contributed by atoms with E-state index in [0.717, 1.165) is 51.6 Å². The van der Waals surface area contributed by atoms with Crippen LogP contribution < -0.4 is 16.0 Å². The highest BCUT2D eigenvalue weighted by molar-refractivity contribution is 5.86. The summed E-state index contributed by atoms with van der Waals surface area (Å²) in [4.78, 5) is 24.1. The van der Waals surface area contributed by atoms with Crippen LogP contribution in [-0.2, 0) is 14.3 Å². The van der Waals surface area contributed by atoms with E-state index in [1.54, 1.807) is 7.11 Å². The number of carbonyl (C=O) groups excluding carboxylic acids is 2. The zero-order valence-electron chi connectivity index (χ0n) is 14.7. The molecule has 0 aromatic rings. The van der Waals surface area contributed by atoms with Gasteiger partial charge < -0.3 is 20.7 Å².